The Morgan fingerprint density at radius 1 is 1.05 bits per heavy atom. The molecule has 0 unspecified atom stereocenters. The van der Waals surface area contributed by atoms with Crippen LogP contribution in [0.5, 0.6) is 11.5 Å². The third-order valence-corrected chi connectivity index (χ3v) is 2.92. The number of nitrogens with two attached hydrogens (primary N) is 1. The molecule has 0 spiro atoms. The van der Waals surface area contributed by atoms with Gasteiger partial charge in [-0.15, -0.1) is 25.6 Å². The molecular formula is C9H8ClF6NO4S. The molecule has 22 heavy (non-hydrogen) atoms. The van der Waals surface area contributed by atoms with E-state index in [1.54, 1.807) is 0 Å². The van der Waals surface area contributed by atoms with Crippen molar-refractivity contribution in [2.24, 2.45) is 5.73 Å². The standard InChI is InChI=1S/C9H7F6NO4S.ClH/c10-8(11,12)19-7-3-5(4-16)1-2-6(7)20-21(17,18)9(13,14)15;/h1-3H,4,16H2;1H. The van der Waals surface area contributed by atoms with E-state index in [1.165, 1.54) is 0 Å². The molecule has 0 saturated carbocycles. The second kappa shape index (κ2) is 6.79. The summed E-state index contributed by atoms with van der Waals surface area (Å²) < 4.78 is 101. The molecule has 0 aliphatic carbocycles. The molecule has 1 rings (SSSR count). The van der Waals surface area contributed by atoms with Crippen molar-refractivity contribution in [3.05, 3.63) is 23.8 Å². The Hall–Kier alpha value is -1.40. The van der Waals surface area contributed by atoms with E-state index in [9.17, 15) is 34.8 Å². The molecule has 0 bridgehead atoms. The molecule has 0 amide bonds. The van der Waals surface area contributed by atoms with E-state index in [1.807, 2.05) is 0 Å². The molecule has 1 aromatic rings. The van der Waals surface area contributed by atoms with E-state index in [0.29, 0.717) is 12.1 Å². The van der Waals surface area contributed by atoms with Crippen LogP contribution in [0.25, 0.3) is 0 Å². The van der Waals surface area contributed by atoms with Gasteiger partial charge in [0.25, 0.3) is 0 Å². The predicted octanol–water partition coefficient (Wildman–Crippen LogP) is 2.69. The molecule has 13 heteroatoms. The largest absolute Gasteiger partial charge is 0.573 e. The molecule has 1 aromatic carbocycles. The molecule has 0 saturated heterocycles. The first kappa shape index (κ1) is 20.6. The highest BCUT2D eigenvalue weighted by Crippen LogP contribution is 2.36. The highest BCUT2D eigenvalue weighted by Gasteiger charge is 2.49. The third kappa shape index (κ3) is 5.42. The Kier molecular flexibility index (Phi) is 6.36. The van der Waals surface area contributed by atoms with Crippen LogP contribution in [0.4, 0.5) is 26.3 Å². The number of benzene rings is 1. The second-order valence-electron chi connectivity index (χ2n) is 3.52. The highest BCUT2D eigenvalue weighted by atomic mass is 35.5. The summed E-state index contributed by atoms with van der Waals surface area (Å²) in [5, 5.41) is 0. The fraction of sp³-hybridized carbons (Fsp3) is 0.333. The fourth-order valence-corrected chi connectivity index (χ4v) is 1.59. The van der Waals surface area contributed by atoms with E-state index in [0.717, 1.165) is 6.07 Å². The van der Waals surface area contributed by atoms with E-state index in [2.05, 4.69) is 8.92 Å². The van der Waals surface area contributed by atoms with Crippen LogP contribution in [-0.2, 0) is 16.7 Å². The minimum atomic E-state index is -6.13. The maximum Gasteiger partial charge on any atom is 0.573 e. The molecule has 0 atom stereocenters. The van der Waals surface area contributed by atoms with Crippen LogP contribution in [-0.4, -0.2) is 20.3 Å². The summed E-state index contributed by atoms with van der Waals surface area (Å²) in [6.45, 7) is -0.249. The van der Waals surface area contributed by atoms with Gasteiger partial charge >= 0.3 is 22.0 Å². The fourth-order valence-electron chi connectivity index (χ4n) is 1.12. The number of rotatable bonds is 4. The number of hydrogen-bond donors (Lipinski definition) is 1. The Balaban J connectivity index is 0.00000441. The smallest absolute Gasteiger partial charge is 0.402 e. The van der Waals surface area contributed by atoms with Gasteiger partial charge in [-0.25, -0.2) is 0 Å². The molecule has 0 heterocycles. The Bertz CT molecular complexity index is 616. The van der Waals surface area contributed by atoms with Crippen molar-refractivity contribution in [2.45, 2.75) is 18.4 Å². The van der Waals surface area contributed by atoms with Crippen molar-refractivity contribution in [3.8, 4) is 11.5 Å². The van der Waals surface area contributed by atoms with Gasteiger partial charge in [0.05, 0.1) is 0 Å². The molecular weight excluding hydrogens is 368 g/mol. The van der Waals surface area contributed by atoms with Crippen LogP contribution in [0.15, 0.2) is 18.2 Å². The minimum absolute atomic E-state index is 0. The topological polar surface area (TPSA) is 78.6 Å². The molecule has 0 aliphatic heterocycles. The van der Waals surface area contributed by atoms with Crippen LogP contribution >= 0.6 is 12.4 Å². The quantitative estimate of drug-likeness (QED) is 0.497. The maximum atomic E-state index is 12.1. The van der Waals surface area contributed by atoms with Gasteiger partial charge in [0.2, 0.25) is 0 Å². The summed E-state index contributed by atoms with van der Waals surface area (Å²) in [6, 6.07) is 2.19. The molecule has 2 N–H and O–H groups in total. The lowest BCUT2D eigenvalue weighted by atomic mass is 10.2. The van der Waals surface area contributed by atoms with Crippen LogP contribution in [0.1, 0.15) is 5.56 Å². The highest BCUT2D eigenvalue weighted by molar-refractivity contribution is 7.88. The first-order valence-corrected chi connectivity index (χ1v) is 6.36. The first-order valence-electron chi connectivity index (χ1n) is 4.95. The average Bonchev–Trinajstić information content (AvgIpc) is 2.27. The van der Waals surface area contributed by atoms with Crippen LogP contribution in [0, 0.1) is 0 Å². The van der Waals surface area contributed by atoms with Crippen molar-refractivity contribution in [2.75, 3.05) is 0 Å². The Morgan fingerprint density at radius 3 is 2.00 bits per heavy atom. The van der Waals surface area contributed by atoms with Crippen LogP contribution in [0.3, 0.4) is 0 Å². The predicted molar refractivity (Wildman–Crippen MR) is 63.9 cm³/mol. The van der Waals surface area contributed by atoms with Crippen LogP contribution < -0.4 is 14.7 Å². The second-order valence-corrected chi connectivity index (χ2v) is 5.05. The molecule has 0 radical (unpaired) electrons. The van der Waals surface area contributed by atoms with Crippen molar-refractivity contribution >= 4 is 22.5 Å². The van der Waals surface area contributed by atoms with Gasteiger partial charge in [-0.05, 0) is 17.7 Å². The van der Waals surface area contributed by atoms with E-state index >= 15 is 0 Å². The number of halogens is 7. The Morgan fingerprint density at radius 2 is 1.59 bits per heavy atom. The first-order chi connectivity index (χ1) is 9.36. The van der Waals surface area contributed by atoms with Gasteiger partial charge in [-0.2, -0.15) is 21.6 Å². The summed E-state index contributed by atoms with van der Waals surface area (Å²) >= 11 is 0. The zero-order valence-corrected chi connectivity index (χ0v) is 11.9. The summed E-state index contributed by atoms with van der Waals surface area (Å²) in [4.78, 5) is 0. The minimum Gasteiger partial charge on any atom is -0.402 e. The summed E-state index contributed by atoms with van der Waals surface area (Å²) in [5.74, 6) is -2.51. The molecule has 0 aliphatic rings. The van der Waals surface area contributed by atoms with Gasteiger partial charge < -0.3 is 14.7 Å². The van der Waals surface area contributed by atoms with Crippen LogP contribution in [0.2, 0.25) is 0 Å². The van der Waals surface area contributed by atoms with Gasteiger partial charge in [0.15, 0.2) is 11.5 Å². The lowest BCUT2D eigenvalue weighted by molar-refractivity contribution is -0.275. The van der Waals surface area contributed by atoms with Gasteiger partial charge in [0, 0.05) is 6.54 Å². The average molecular weight is 376 g/mol. The third-order valence-electron chi connectivity index (χ3n) is 1.95. The summed E-state index contributed by atoms with van der Waals surface area (Å²) in [5.41, 5.74) is -0.582. The number of ether oxygens (including phenoxy) is 1. The Labute approximate surface area is 126 Å². The van der Waals surface area contributed by atoms with Crippen molar-refractivity contribution in [1.29, 1.82) is 0 Å². The molecule has 5 nitrogen and oxygen atoms in total. The van der Waals surface area contributed by atoms with Gasteiger partial charge in [0.1, 0.15) is 0 Å². The SMILES string of the molecule is Cl.NCc1ccc(OS(=O)(=O)C(F)(F)F)c(OC(F)(F)F)c1. The number of hydrogen-bond acceptors (Lipinski definition) is 5. The van der Waals surface area contributed by atoms with Crippen molar-refractivity contribution in [1.82, 2.24) is 0 Å². The zero-order valence-electron chi connectivity index (χ0n) is 10.2. The lowest BCUT2D eigenvalue weighted by Gasteiger charge is -2.15. The lowest BCUT2D eigenvalue weighted by Crippen LogP contribution is -2.28. The monoisotopic (exact) mass is 375 g/mol. The molecule has 128 valence electrons. The van der Waals surface area contributed by atoms with Crippen molar-refractivity contribution < 1.29 is 43.7 Å². The van der Waals surface area contributed by atoms with Crippen molar-refractivity contribution in [3.63, 3.8) is 0 Å². The maximum absolute atomic E-state index is 12.1. The van der Waals surface area contributed by atoms with E-state index in [-0.39, 0.29) is 24.5 Å². The van der Waals surface area contributed by atoms with Gasteiger partial charge in [-0.1, -0.05) is 6.07 Å². The summed E-state index contributed by atoms with van der Waals surface area (Å²) in [6.07, 6.45) is -5.26. The molecule has 0 fully saturated rings. The zero-order chi connectivity index (χ0) is 16.5. The normalized spacial score (nSPS) is 12.5. The van der Waals surface area contributed by atoms with E-state index < -0.39 is 33.5 Å². The van der Waals surface area contributed by atoms with E-state index in [4.69, 9.17) is 5.73 Å². The number of alkyl halides is 6. The summed E-state index contributed by atoms with van der Waals surface area (Å²) in [7, 11) is -6.13. The molecule has 0 aromatic heterocycles. The van der Waals surface area contributed by atoms with Gasteiger partial charge in [-0.3, -0.25) is 0 Å².